The van der Waals surface area contributed by atoms with E-state index in [9.17, 15) is 4.79 Å². The minimum Gasteiger partial charge on any atom is -0.361 e. The number of nitrogens with one attached hydrogen (secondary N) is 3. The minimum absolute atomic E-state index is 0.116. The summed E-state index contributed by atoms with van der Waals surface area (Å²) in [5, 5.41) is 10.5. The van der Waals surface area contributed by atoms with Crippen LogP contribution in [0.3, 0.4) is 0 Å². The predicted molar refractivity (Wildman–Crippen MR) is 99.6 cm³/mol. The molecule has 22 heavy (non-hydrogen) atoms. The molecular formula is C13H16Cl3N3OS2. The first kappa shape index (κ1) is 19.5. The Labute approximate surface area is 154 Å². The maximum atomic E-state index is 11.9. The maximum absolute atomic E-state index is 11.9. The van der Waals surface area contributed by atoms with E-state index < -0.39 is 15.9 Å². The summed E-state index contributed by atoms with van der Waals surface area (Å²) in [6.07, 6.45) is 2.09. The highest BCUT2D eigenvalue weighted by Crippen LogP contribution is 2.29. The number of carbonyl (C=O) groups excluding carboxylic acids is 1. The van der Waals surface area contributed by atoms with Gasteiger partial charge in [0.15, 0.2) is 5.11 Å². The third kappa shape index (κ3) is 7.65. The van der Waals surface area contributed by atoms with Gasteiger partial charge >= 0.3 is 0 Å². The summed E-state index contributed by atoms with van der Waals surface area (Å²) in [5.74, 6) is -0.399. The standard InChI is InChI=1S/C13H16Cl3N3OS2/c1-8(2)17-12(21)19-11(13(14,15)16)18-10(20)6-5-9-4-3-7-22-9/h3-8,11H,1-2H3,(H,18,20)(H2,17,19,21)/b6-5+. The normalized spacial score (nSPS) is 13.2. The Morgan fingerprint density at radius 1 is 1.32 bits per heavy atom. The summed E-state index contributed by atoms with van der Waals surface area (Å²) in [7, 11) is 0. The number of rotatable bonds is 5. The first-order valence-electron chi connectivity index (χ1n) is 6.34. The van der Waals surface area contributed by atoms with E-state index in [1.165, 1.54) is 17.4 Å². The Hall–Kier alpha value is -0.530. The van der Waals surface area contributed by atoms with Crippen molar-refractivity contribution in [1.29, 1.82) is 0 Å². The number of halogens is 3. The van der Waals surface area contributed by atoms with Gasteiger partial charge in [0, 0.05) is 17.0 Å². The molecule has 0 aliphatic carbocycles. The van der Waals surface area contributed by atoms with Gasteiger partial charge in [-0.2, -0.15) is 0 Å². The number of carbonyl (C=O) groups is 1. The Morgan fingerprint density at radius 3 is 2.50 bits per heavy atom. The van der Waals surface area contributed by atoms with Crippen molar-refractivity contribution in [3.05, 3.63) is 28.5 Å². The van der Waals surface area contributed by atoms with Gasteiger partial charge in [-0.25, -0.2) is 0 Å². The topological polar surface area (TPSA) is 53.2 Å². The van der Waals surface area contributed by atoms with Gasteiger partial charge in [-0.15, -0.1) is 11.3 Å². The van der Waals surface area contributed by atoms with Crippen LogP contribution in [0, 0.1) is 0 Å². The average Bonchev–Trinajstić information content (AvgIpc) is 2.86. The second-order valence-electron chi connectivity index (χ2n) is 4.60. The zero-order valence-corrected chi connectivity index (χ0v) is 15.8. The highest BCUT2D eigenvalue weighted by atomic mass is 35.6. The third-order valence-corrected chi connectivity index (χ3v) is 3.98. The lowest BCUT2D eigenvalue weighted by Crippen LogP contribution is -2.57. The second-order valence-corrected chi connectivity index (χ2v) is 8.36. The summed E-state index contributed by atoms with van der Waals surface area (Å²) < 4.78 is -1.75. The van der Waals surface area contributed by atoms with Crippen LogP contribution in [0.4, 0.5) is 0 Å². The van der Waals surface area contributed by atoms with E-state index in [0.717, 1.165) is 4.88 Å². The van der Waals surface area contributed by atoms with Gasteiger partial charge in [0.1, 0.15) is 6.17 Å². The molecule has 0 spiro atoms. The van der Waals surface area contributed by atoms with Gasteiger partial charge in [0.05, 0.1) is 0 Å². The highest BCUT2D eigenvalue weighted by Gasteiger charge is 2.34. The molecule has 0 saturated carbocycles. The van der Waals surface area contributed by atoms with E-state index in [-0.39, 0.29) is 11.2 Å². The van der Waals surface area contributed by atoms with Crippen molar-refractivity contribution in [2.24, 2.45) is 0 Å². The van der Waals surface area contributed by atoms with E-state index in [2.05, 4.69) is 16.0 Å². The van der Waals surface area contributed by atoms with Crippen molar-refractivity contribution in [3.8, 4) is 0 Å². The van der Waals surface area contributed by atoms with Crippen LogP contribution in [0.5, 0.6) is 0 Å². The molecule has 1 heterocycles. The zero-order chi connectivity index (χ0) is 16.8. The lowest BCUT2D eigenvalue weighted by molar-refractivity contribution is -0.117. The molecular weight excluding hydrogens is 385 g/mol. The van der Waals surface area contributed by atoms with Crippen LogP contribution >= 0.6 is 58.4 Å². The molecule has 4 nitrogen and oxygen atoms in total. The zero-order valence-electron chi connectivity index (χ0n) is 11.9. The number of thiocarbonyl (C=S) groups is 1. The average molecular weight is 401 g/mol. The Morgan fingerprint density at radius 2 is 2.00 bits per heavy atom. The smallest absolute Gasteiger partial charge is 0.245 e. The van der Waals surface area contributed by atoms with Crippen molar-refractivity contribution in [3.63, 3.8) is 0 Å². The van der Waals surface area contributed by atoms with Crippen LogP contribution in [0.25, 0.3) is 6.08 Å². The quantitative estimate of drug-likeness (QED) is 0.307. The SMILES string of the molecule is CC(C)NC(=S)NC(NC(=O)/C=C/c1cccs1)C(Cl)(Cl)Cl. The van der Waals surface area contributed by atoms with Crippen molar-refractivity contribution in [2.45, 2.75) is 29.8 Å². The van der Waals surface area contributed by atoms with E-state index >= 15 is 0 Å². The number of amides is 1. The van der Waals surface area contributed by atoms with Crippen LogP contribution in [-0.2, 0) is 4.79 Å². The Balaban J connectivity index is 2.65. The summed E-state index contributed by atoms with van der Waals surface area (Å²) in [4.78, 5) is 12.9. The van der Waals surface area contributed by atoms with Gasteiger partial charge in [-0.3, -0.25) is 4.79 Å². The monoisotopic (exact) mass is 399 g/mol. The van der Waals surface area contributed by atoms with E-state index in [0.29, 0.717) is 0 Å². The second kappa shape index (κ2) is 8.93. The molecule has 0 aliphatic rings. The van der Waals surface area contributed by atoms with Gasteiger partial charge in [-0.1, -0.05) is 40.9 Å². The van der Waals surface area contributed by atoms with Crippen LogP contribution < -0.4 is 16.0 Å². The summed E-state index contributed by atoms with van der Waals surface area (Å²) in [5.41, 5.74) is 0. The minimum atomic E-state index is -1.75. The molecule has 9 heteroatoms. The van der Waals surface area contributed by atoms with Crippen LogP contribution in [-0.4, -0.2) is 27.0 Å². The molecule has 0 aliphatic heterocycles. The molecule has 0 radical (unpaired) electrons. The van der Waals surface area contributed by atoms with Gasteiger partial charge < -0.3 is 16.0 Å². The first-order chi connectivity index (χ1) is 10.2. The van der Waals surface area contributed by atoms with Crippen molar-refractivity contribution < 1.29 is 4.79 Å². The fraction of sp³-hybridized carbons (Fsp3) is 0.385. The number of alkyl halides is 3. The summed E-state index contributed by atoms with van der Waals surface area (Å²) in [6, 6.07) is 3.90. The van der Waals surface area contributed by atoms with Crippen LogP contribution in [0.1, 0.15) is 18.7 Å². The molecule has 1 atom stereocenters. The van der Waals surface area contributed by atoms with Gasteiger partial charge in [0.2, 0.25) is 9.70 Å². The lowest BCUT2D eigenvalue weighted by atomic mass is 10.4. The number of thiophene rings is 1. The van der Waals surface area contributed by atoms with Crippen molar-refractivity contribution in [2.75, 3.05) is 0 Å². The molecule has 1 unspecified atom stereocenters. The molecule has 0 saturated heterocycles. The Bertz CT molecular complexity index is 527. The van der Waals surface area contributed by atoms with E-state index in [1.807, 2.05) is 31.4 Å². The third-order valence-electron chi connectivity index (χ3n) is 2.25. The molecule has 3 N–H and O–H groups in total. The van der Waals surface area contributed by atoms with E-state index in [4.69, 9.17) is 47.0 Å². The van der Waals surface area contributed by atoms with Crippen LogP contribution in [0.2, 0.25) is 0 Å². The fourth-order valence-electron chi connectivity index (χ4n) is 1.37. The highest BCUT2D eigenvalue weighted by molar-refractivity contribution is 7.80. The molecule has 1 rings (SSSR count). The van der Waals surface area contributed by atoms with E-state index in [1.54, 1.807) is 6.08 Å². The predicted octanol–water partition coefficient (Wildman–Crippen LogP) is 3.45. The molecule has 1 aromatic heterocycles. The molecule has 0 fully saturated rings. The van der Waals surface area contributed by atoms with Crippen molar-refractivity contribution >= 4 is 75.5 Å². The maximum Gasteiger partial charge on any atom is 0.245 e. The number of hydrogen-bond acceptors (Lipinski definition) is 3. The van der Waals surface area contributed by atoms with Crippen molar-refractivity contribution in [1.82, 2.24) is 16.0 Å². The molecule has 1 aromatic rings. The number of hydrogen-bond donors (Lipinski definition) is 3. The largest absolute Gasteiger partial charge is 0.361 e. The fourth-order valence-corrected chi connectivity index (χ4v) is 2.67. The summed E-state index contributed by atoms with van der Waals surface area (Å²) in [6.45, 7) is 3.83. The van der Waals surface area contributed by atoms with Gasteiger partial charge in [-0.05, 0) is 43.6 Å². The molecule has 122 valence electrons. The molecule has 0 aromatic carbocycles. The lowest BCUT2D eigenvalue weighted by Gasteiger charge is -2.27. The van der Waals surface area contributed by atoms with Gasteiger partial charge in [0.25, 0.3) is 0 Å². The molecule has 1 amide bonds. The molecule has 0 bridgehead atoms. The Kier molecular flexibility index (Phi) is 7.93. The van der Waals surface area contributed by atoms with Crippen LogP contribution in [0.15, 0.2) is 23.6 Å². The summed E-state index contributed by atoms with van der Waals surface area (Å²) >= 11 is 24.2. The first-order valence-corrected chi connectivity index (χ1v) is 8.76.